The molecule has 2 unspecified atom stereocenters. The average molecular weight is 292 g/mol. The Kier molecular flexibility index (Phi) is 4.45. The van der Waals surface area contributed by atoms with Gasteiger partial charge in [0.15, 0.2) is 0 Å². The molecule has 6 heteroatoms. The first kappa shape index (κ1) is 15.3. The molecule has 1 heterocycles. The second kappa shape index (κ2) is 6.11. The van der Waals surface area contributed by atoms with Crippen LogP contribution >= 0.6 is 0 Å². The maximum absolute atomic E-state index is 11.7. The molecule has 0 aromatic heterocycles. The summed E-state index contributed by atoms with van der Waals surface area (Å²) in [7, 11) is 1.30. The number of ether oxygens (including phenoxy) is 1. The fourth-order valence-electron chi connectivity index (χ4n) is 2.83. The van der Waals surface area contributed by atoms with E-state index in [0.29, 0.717) is 17.2 Å². The number of nitrogens with zero attached hydrogens (tertiary/aromatic N) is 2. The minimum absolute atomic E-state index is 0.0311. The Balaban J connectivity index is 2.47. The molecule has 6 nitrogen and oxygen atoms in total. The highest BCUT2D eigenvalue weighted by Crippen LogP contribution is 2.35. The molecule has 0 radical (unpaired) electrons. The first-order chi connectivity index (χ1) is 9.95. The Morgan fingerprint density at radius 2 is 2.14 bits per heavy atom. The van der Waals surface area contributed by atoms with Crippen LogP contribution in [-0.4, -0.2) is 30.6 Å². The minimum atomic E-state index is -0.483. The lowest BCUT2D eigenvalue weighted by molar-refractivity contribution is -0.384. The van der Waals surface area contributed by atoms with E-state index < -0.39 is 10.9 Å². The molecule has 0 spiro atoms. The Labute approximate surface area is 123 Å². The molecule has 1 aromatic rings. The maximum Gasteiger partial charge on any atom is 0.337 e. The maximum atomic E-state index is 11.7. The smallest absolute Gasteiger partial charge is 0.337 e. The predicted molar refractivity (Wildman–Crippen MR) is 79.6 cm³/mol. The molecule has 1 aliphatic rings. The third kappa shape index (κ3) is 2.99. The van der Waals surface area contributed by atoms with Crippen molar-refractivity contribution in [1.82, 2.24) is 0 Å². The van der Waals surface area contributed by atoms with Crippen LogP contribution in [0.1, 0.15) is 37.0 Å². The van der Waals surface area contributed by atoms with Gasteiger partial charge in [-0.1, -0.05) is 6.92 Å². The van der Waals surface area contributed by atoms with Gasteiger partial charge in [0.1, 0.15) is 5.69 Å². The molecule has 0 saturated carbocycles. The van der Waals surface area contributed by atoms with Gasteiger partial charge in [-0.05, 0) is 37.8 Å². The number of carbonyl (C=O) groups is 1. The molecular weight excluding hydrogens is 272 g/mol. The number of carbonyl (C=O) groups excluding carboxylic acids is 1. The van der Waals surface area contributed by atoms with E-state index in [4.69, 9.17) is 4.74 Å². The van der Waals surface area contributed by atoms with E-state index in [-0.39, 0.29) is 11.7 Å². The van der Waals surface area contributed by atoms with Crippen LogP contribution in [0.25, 0.3) is 0 Å². The topological polar surface area (TPSA) is 72.7 Å². The van der Waals surface area contributed by atoms with Gasteiger partial charge < -0.3 is 9.64 Å². The van der Waals surface area contributed by atoms with Crippen molar-refractivity contribution in [3.63, 3.8) is 0 Å². The lowest BCUT2D eigenvalue weighted by atomic mass is 9.91. The molecule has 0 aliphatic carbocycles. The molecule has 1 fully saturated rings. The second-order valence-electron chi connectivity index (χ2n) is 5.51. The van der Waals surface area contributed by atoms with Gasteiger partial charge in [-0.3, -0.25) is 10.1 Å². The molecule has 114 valence electrons. The number of hydrogen-bond donors (Lipinski definition) is 0. The average Bonchev–Trinajstić information content (AvgIpc) is 2.48. The van der Waals surface area contributed by atoms with E-state index in [0.717, 1.165) is 19.4 Å². The summed E-state index contributed by atoms with van der Waals surface area (Å²) in [5.41, 5.74) is 0.870. The van der Waals surface area contributed by atoms with Gasteiger partial charge in [0.05, 0.1) is 17.6 Å². The van der Waals surface area contributed by atoms with Crippen molar-refractivity contribution in [2.24, 2.45) is 5.92 Å². The second-order valence-corrected chi connectivity index (χ2v) is 5.51. The molecular formula is C15H20N2O4. The van der Waals surface area contributed by atoms with Crippen LogP contribution in [0.5, 0.6) is 0 Å². The van der Waals surface area contributed by atoms with Crippen LogP contribution in [0, 0.1) is 16.0 Å². The number of benzene rings is 1. The van der Waals surface area contributed by atoms with Crippen molar-refractivity contribution in [2.45, 2.75) is 32.7 Å². The molecule has 0 N–H and O–H groups in total. The highest BCUT2D eigenvalue weighted by molar-refractivity contribution is 5.91. The van der Waals surface area contributed by atoms with Crippen LogP contribution < -0.4 is 4.90 Å². The van der Waals surface area contributed by atoms with E-state index in [2.05, 4.69) is 13.8 Å². The Morgan fingerprint density at radius 3 is 2.76 bits per heavy atom. The Hall–Kier alpha value is -2.11. The summed E-state index contributed by atoms with van der Waals surface area (Å²) < 4.78 is 4.70. The van der Waals surface area contributed by atoms with Crippen molar-refractivity contribution in [2.75, 3.05) is 18.6 Å². The first-order valence-corrected chi connectivity index (χ1v) is 7.09. The number of hydrogen-bond acceptors (Lipinski definition) is 5. The number of esters is 1. The summed E-state index contributed by atoms with van der Waals surface area (Å²) in [6.07, 6.45) is 2.10. The summed E-state index contributed by atoms with van der Waals surface area (Å²) in [5.74, 6) is -0.0241. The third-order valence-electron chi connectivity index (χ3n) is 4.28. The van der Waals surface area contributed by atoms with Gasteiger partial charge in [-0.25, -0.2) is 4.79 Å². The number of nitro groups is 1. The van der Waals surface area contributed by atoms with E-state index in [1.807, 2.05) is 4.90 Å². The number of rotatable bonds is 3. The van der Waals surface area contributed by atoms with E-state index in [1.165, 1.54) is 19.2 Å². The SMILES string of the molecule is COC(=O)c1ccc([N+](=O)[O-])c(N2CCCC(C)C2C)c1. The normalized spacial score (nSPS) is 22.0. The zero-order chi connectivity index (χ0) is 15.6. The molecule has 2 atom stereocenters. The largest absolute Gasteiger partial charge is 0.465 e. The minimum Gasteiger partial charge on any atom is -0.465 e. The van der Waals surface area contributed by atoms with E-state index >= 15 is 0 Å². The molecule has 21 heavy (non-hydrogen) atoms. The van der Waals surface area contributed by atoms with Crippen molar-refractivity contribution in [3.05, 3.63) is 33.9 Å². The van der Waals surface area contributed by atoms with Gasteiger partial charge in [0.2, 0.25) is 0 Å². The highest BCUT2D eigenvalue weighted by atomic mass is 16.6. The Morgan fingerprint density at radius 1 is 1.43 bits per heavy atom. The molecule has 1 aliphatic heterocycles. The van der Waals surface area contributed by atoms with Gasteiger partial charge in [-0.2, -0.15) is 0 Å². The highest BCUT2D eigenvalue weighted by Gasteiger charge is 2.30. The first-order valence-electron chi connectivity index (χ1n) is 7.09. The summed E-state index contributed by atoms with van der Waals surface area (Å²) in [6, 6.07) is 4.59. The van der Waals surface area contributed by atoms with E-state index in [1.54, 1.807) is 6.07 Å². The number of anilines is 1. The van der Waals surface area contributed by atoms with Crippen molar-refractivity contribution >= 4 is 17.3 Å². The standard InChI is InChI=1S/C15H20N2O4/c1-10-5-4-8-16(11(10)2)14-9-12(15(18)21-3)6-7-13(14)17(19)20/h6-7,9-11H,4-5,8H2,1-3H3. The summed E-state index contributed by atoms with van der Waals surface area (Å²) in [4.78, 5) is 24.6. The van der Waals surface area contributed by atoms with Gasteiger partial charge in [0, 0.05) is 18.7 Å². The summed E-state index contributed by atoms with van der Waals surface area (Å²) in [6.45, 7) is 4.97. The van der Waals surface area contributed by atoms with E-state index in [9.17, 15) is 14.9 Å². The van der Waals surface area contributed by atoms with Crippen LogP contribution in [0.4, 0.5) is 11.4 Å². The molecule has 1 aromatic carbocycles. The predicted octanol–water partition coefficient (Wildman–Crippen LogP) is 3.01. The van der Waals surface area contributed by atoms with Crippen molar-refractivity contribution in [1.29, 1.82) is 0 Å². The van der Waals surface area contributed by atoms with Crippen LogP contribution in [0.2, 0.25) is 0 Å². The fourth-order valence-corrected chi connectivity index (χ4v) is 2.83. The lowest BCUT2D eigenvalue weighted by Gasteiger charge is -2.39. The summed E-state index contributed by atoms with van der Waals surface area (Å²) in [5, 5.41) is 11.3. The fraction of sp³-hybridized carbons (Fsp3) is 0.533. The zero-order valence-electron chi connectivity index (χ0n) is 12.5. The van der Waals surface area contributed by atoms with Crippen LogP contribution in [0.15, 0.2) is 18.2 Å². The number of piperidine rings is 1. The molecule has 1 saturated heterocycles. The lowest BCUT2D eigenvalue weighted by Crippen LogP contribution is -2.42. The van der Waals surface area contributed by atoms with Gasteiger partial charge >= 0.3 is 5.97 Å². The van der Waals surface area contributed by atoms with Gasteiger partial charge in [-0.15, -0.1) is 0 Å². The quantitative estimate of drug-likeness (QED) is 0.486. The van der Waals surface area contributed by atoms with Crippen LogP contribution in [0.3, 0.4) is 0 Å². The monoisotopic (exact) mass is 292 g/mol. The Bertz CT molecular complexity index is 559. The number of methoxy groups -OCH3 is 1. The molecule has 2 rings (SSSR count). The number of nitro benzene ring substituents is 1. The molecule has 0 bridgehead atoms. The van der Waals surface area contributed by atoms with Gasteiger partial charge in [0.25, 0.3) is 5.69 Å². The van der Waals surface area contributed by atoms with Crippen molar-refractivity contribution < 1.29 is 14.5 Å². The van der Waals surface area contributed by atoms with Crippen LogP contribution in [-0.2, 0) is 4.74 Å². The summed E-state index contributed by atoms with van der Waals surface area (Å²) >= 11 is 0. The molecule has 0 amide bonds. The zero-order valence-corrected chi connectivity index (χ0v) is 12.5. The van der Waals surface area contributed by atoms with Crippen molar-refractivity contribution in [3.8, 4) is 0 Å². The third-order valence-corrected chi connectivity index (χ3v) is 4.28.